The van der Waals surface area contributed by atoms with Crippen LogP contribution in [0.3, 0.4) is 0 Å². The molecule has 0 unspecified atom stereocenters. The number of aromatic nitrogens is 1. The number of hydrogen-bond donors (Lipinski definition) is 1. The predicted molar refractivity (Wildman–Crippen MR) is 70.6 cm³/mol. The van der Waals surface area contributed by atoms with Gasteiger partial charge in [0.15, 0.2) is 0 Å². The average molecular weight is 250 g/mol. The minimum absolute atomic E-state index is 0.321. The van der Waals surface area contributed by atoms with Crippen LogP contribution in [0.15, 0.2) is 12.1 Å². The number of methoxy groups -OCH3 is 1. The number of nitrogens with two attached hydrogens (primary N) is 1. The van der Waals surface area contributed by atoms with E-state index in [4.69, 9.17) is 15.2 Å². The Kier molecular flexibility index (Phi) is 4.96. The maximum atomic E-state index is 6.01. The zero-order valence-electron chi connectivity index (χ0n) is 11.0. The fourth-order valence-corrected chi connectivity index (χ4v) is 2.33. The quantitative estimate of drug-likeness (QED) is 0.839. The van der Waals surface area contributed by atoms with Crippen LogP contribution in [-0.2, 0) is 17.8 Å². The van der Waals surface area contributed by atoms with E-state index < -0.39 is 0 Å². The molecule has 1 heterocycles. The van der Waals surface area contributed by atoms with Gasteiger partial charge in [-0.05, 0) is 44.4 Å². The van der Waals surface area contributed by atoms with E-state index in [0.29, 0.717) is 19.3 Å². The van der Waals surface area contributed by atoms with Gasteiger partial charge < -0.3 is 15.2 Å². The summed E-state index contributed by atoms with van der Waals surface area (Å²) >= 11 is 0. The molecule has 0 amide bonds. The van der Waals surface area contributed by atoms with Gasteiger partial charge in [-0.2, -0.15) is 0 Å². The molecule has 1 aliphatic carbocycles. The highest BCUT2D eigenvalue weighted by Crippen LogP contribution is 2.26. The Hall–Kier alpha value is -1.13. The van der Waals surface area contributed by atoms with E-state index in [0.717, 1.165) is 36.4 Å². The molecule has 0 atom stereocenters. The van der Waals surface area contributed by atoms with Gasteiger partial charge in [0.05, 0.1) is 6.61 Å². The fourth-order valence-electron chi connectivity index (χ4n) is 2.33. The average Bonchev–Trinajstić information content (AvgIpc) is 2.86. The lowest BCUT2D eigenvalue weighted by Crippen LogP contribution is -2.15. The molecule has 0 saturated heterocycles. The minimum Gasteiger partial charge on any atom is -0.474 e. The lowest BCUT2D eigenvalue weighted by Gasteiger charge is -2.16. The first-order valence-corrected chi connectivity index (χ1v) is 6.68. The molecule has 4 heteroatoms. The van der Waals surface area contributed by atoms with Crippen molar-refractivity contribution in [2.75, 3.05) is 13.7 Å². The summed E-state index contributed by atoms with van der Waals surface area (Å²) in [4.78, 5) is 4.56. The second-order valence-electron chi connectivity index (χ2n) is 4.76. The van der Waals surface area contributed by atoms with Gasteiger partial charge in [-0.25, -0.2) is 4.98 Å². The Bertz CT molecular complexity index is 376. The van der Waals surface area contributed by atoms with Gasteiger partial charge in [-0.1, -0.05) is 0 Å². The maximum absolute atomic E-state index is 6.01. The van der Waals surface area contributed by atoms with Crippen molar-refractivity contribution >= 4 is 0 Å². The van der Waals surface area contributed by atoms with Crippen molar-refractivity contribution in [1.29, 1.82) is 0 Å². The van der Waals surface area contributed by atoms with Crippen LogP contribution >= 0.6 is 0 Å². The van der Waals surface area contributed by atoms with Crippen LogP contribution in [0.5, 0.6) is 5.88 Å². The van der Waals surface area contributed by atoms with Crippen molar-refractivity contribution in [3.63, 3.8) is 0 Å². The molecule has 1 saturated carbocycles. The molecule has 100 valence electrons. The second kappa shape index (κ2) is 6.71. The van der Waals surface area contributed by atoms with Crippen LogP contribution in [0.25, 0.3) is 0 Å². The normalized spacial score (nSPS) is 16.1. The third-order valence-corrected chi connectivity index (χ3v) is 3.28. The summed E-state index contributed by atoms with van der Waals surface area (Å²) in [7, 11) is 1.69. The SMILES string of the molecule is COCc1ccc(CCN)nc1OC1CCCC1. The number of hydrogen-bond acceptors (Lipinski definition) is 4. The van der Waals surface area contributed by atoms with Crippen LogP contribution in [-0.4, -0.2) is 24.7 Å². The van der Waals surface area contributed by atoms with E-state index in [1.165, 1.54) is 12.8 Å². The highest BCUT2D eigenvalue weighted by Gasteiger charge is 2.19. The molecule has 1 fully saturated rings. The molecule has 4 nitrogen and oxygen atoms in total. The van der Waals surface area contributed by atoms with Crippen LogP contribution in [0, 0.1) is 0 Å². The van der Waals surface area contributed by atoms with Gasteiger partial charge in [-0.15, -0.1) is 0 Å². The van der Waals surface area contributed by atoms with E-state index >= 15 is 0 Å². The number of ether oxygens (including phenoxy) is 2. The lowest BCUT2D eigenvalue weighted by molar-refractivity contribution is 0.165. The van der Waals surface area contributed by atoms with Crippen molar-refractivity contribution in [3.8, 4) is 5.88 Å². The van der Waals surface area contributed by atoms with Crippen LogP contribution in [0.1, 0.15) is 36.9 Å². The summed E-state index contributed by atoms with van der Waals surface area (Å²) in [6.45, 7) is 1.15. The molecule has 0 radical (unpaired) electrons. The smallest absolute Gasteiger partial charge is 0.219 e. The van der Waals surface area contributed by atoms with E-state index in [1.54, 1.807) is 7.11 Å². The summed E-state index contributed by atoms with van der Waals surface area (Å²) in [5.74, 6) is 0.731. The minimum atomic E-state index is 0.321. The monoisotopic (exact) mass is 250 g/mol. The van der Waals surface area contributed by atoms with Crippen molar-refractivity contribution in [3.05, 3.63) is 23.4 Å². The first-order chi connectivity index (χ1) is 8.83. The largest absolute Gasteiger partial charge is 0.474 e. The standard InChI is InChI=1S/C14H22N2O2/c1-17-10-11-6-7-12(8-9-15)16-14(11)18-13-4-2-3-5-13/h6-7,13H,2-5,8-10,15H2,1H3. The van der Waals surface area contributed by atoms with Gasteiger partial charge in [0.2, 0.25) is 5.88 Å². The molecule has 1 aromatic heterocycles. The molecular formula is C14H22N2O2. The first-order valence-electron chi connectivity index (χ1n) is 6.68. The van der Waals surface area contributed by atoms with Crippen molar-refractivity contribution in [1.82, 2.24) is 4.98 Å². The molecule has 0 aromatic carbocycles. The number of nitrogens with zero attached hydrogens (tertiary/aromatic N) is 1. The Morgan fingerprint density at radius 1 is 1.33 bits per heavy atom. The highest BCUT2D eigenvalue weighted by molar-refractivity contribution is 5.28. The van der Waals surface area contributed by atoms with E-state index in [1.807, 2.05) is 12.1 Å². The molecule has 2 rings (SSSR count). The second-order valence-corrected chi connectivity index (χ2v) is 4.76. The van der Waals surface area contributed by atoms with Gasteiger partial charge in [0.1, 0.15) is 6.10 Å². The first kappa shape index (κ1) is 13.3. The van der Waals surface area contributed by atoms with Gasteiger partial charge in [0, 0.05) is 24.8 Å². The van der Waals surface area contributed by atoms with Crippen LogP contribution in [0.4, 0.5) is 0 Å². The Morgan fingerprint density at radius 3 is 2.78 bits per heavy atom. The number of pyridine rings is 1. The van der Waals surface area contributed by atoms with E-state index in [2.05, 4.69) is 4.98 Å². The third kappa shape index (κ3) is 3.43. The van der Waals surface area contributed by atoms with Crippen LogP contribution < -0.4 is 10.5 Å². The summed E-state index contributed by atoms with van der Waals surface area (Å²) in [6, 6.07) is 4.04. The van der Waals surface area contributed by atoms with E-state index in [9.17, 15) is 0 Å². The zero-order valence-corrected chi connectivity index (χ0v) is 11.0. The lowest BCUT2D eigenvalue weighted by atomic mass is 10.2. The van der Waals surface area contributed by atoms with Gasteiger partial charge in [0.25, 0.3) is 0 Å². The molecule has 2 N–H and O–H groups in total. The summed E-state index contributed by atoms with van der Waals surface area (Å²) in [5.41, 5.74) is 7.58. The molecule has 0 bridgehead atoms. The molecular weight excluding hydrogens is 228 g/mol. The van der Waals surface area contributed by atoms with Gasteiger partial charge in [-0.3, -0.25) is 0 Å². The topological polar surface area (TPSA) is 57.4 Å². The third-order valence-electron chi connectivity index (χ3n) is 3.28. The molecule has 18 heavy (non-hydrogen) atoms. The van der Waals surface area contributed by atoms with Crippen molar-refractivity contribution in [2.24, 2.45) is 5.73 Å². The summed E-state index contributed by atoms with van der Waals surface area (Å²) < 4.78 is 11.2. The molecule has 1 aliphatic rings. The molecule has 1 aromatic rings. The highest BCUT2D eigenvalue weighted by atomic mass is 16.5. The Labute approximate surface area is 108 Å². The zero-order chi connectivity index (χ0) is 12.8. The van der Waals surface area contributed by atoms with E-state index in [-0.39, 0.29) is 0 Å². The Balaban J connectivity index is 2.13. The molecule has 0 spiro atoms. The summed E-state index contributed by atoms with van der Waals surface area (Å²) in [5, 5.41) is 0. The van der Waals surface area contributed by atoms with Crippen molar-refractivity contribution < 1.29 is 9.47 Å². The van der Waals surface area contributed by atoms with Crippen molar-refractivity contribution in [2.45, 2.75) is 44.8 Å². The fraction of sp³-hybridized carbons (Fsp3) is 0.643. The number of rotatable bonds is 6. The molecule has 0 aliphatic heterocycles. The Morgan fingerprint density at radius 2 is 2.11 bits per heavy atom. The maximum Gasteiger partial charge on any atom is 0.219 e. The summed E-state index contributed by atoms with van der Waals surface area (Å²) in [6.07, 6.45) is 5.89. The van der Waals surface area contributed by atoms with Gasteiger partial charge >= 0.3 is 0 Å². The predicted octanol–water partition coefficient (Wildman–Crippen LogP) is 2.05. The van der Waals surface area contributed by atoms with Crippen LogP contribution in [0.2, 0.25) is 0 Å².